The normalized spacial score (nSPS) is 18.3. The minimum atomic E-state index is -0.669. The predicted octanol–water partition coefficient (Wildman–Crippen LogP) is 1.78. The number of rotatable bonds is 2. The van der Waals surface area contributed by atoms with Crippen LogP contribution in [-0.4, -0.2) is 24.8 Å². The maximum Gasteiger partial charge on any atom is 0.351 e. The van der Waals surface area contributed by atoms with E-state index in [-0.39, 0.29) is 18.7 Å². The van der Waals surface area contributed by atoms with Crippen LogP contribution in [0.1, 0.15) is 13.8 Å². The highest BCUT2D eigenvalue weighted by Gasteiger charge is 2.28. The number of benzene rings is 1. The zero-order valence-corrected chi connectivity index (χ0v) is 9.30. The minimum absolute atomic E-state index is 0.145. The Morgan fingerprint density at radius 2 is 2.06 bits per heavy atom. The van der Waals surface area contributed by atoms with Gasteiger partial charge in [-0.1, -0.05) is 12.1 Å². The number of para-hydroxylation sites is 2. The number of ether oxygens (including phenoxy) is 3. The summed E-state index contributed by atoms with van der Waals surface area (Å²) in [5.41, 5.74) is 0. The highest BCUT2D eigenvalue weighted by Crippen LogP contribution is 2.31. The molecular formula is C12H14O4. The van der Waals surface area contributed by atoms with Crippen molar-refractivity contribution < 1.29 is 19.0 Å². The molecule has 0 aromatic heterocycles. The van der Waals surface area contributed by atoms with Crippen molar-refractivity contribution >= 4 is 5.97 Å². The summed E-state index contributed by atoms with van der Waals surface area (Å²) in [5.74, 6) is 0.861. The second-order valence-corrected chi connectivity index (χ2v) is 3.85. The van der Waals surface area contributed by atoms with Crippen LogP contribution in [0, 0.1) is 0 Å². The molecule has 0 spiro atoms. The SMILES string of the molecule is CC(C)OC(=O)C1COc2ccccc2O1. The Labute approximate surface area is 94.1 Å². The van der Waals surface area contributed by atoms with Gasteiger partial charge >= 0.3 is 5.97 Å². The molecule has 2 rings (SSSR count). The molecule has 4 nitrogen and oxygen atoms in total. The second-order valence-electron chi connectivity index (χ2n) is 3.85. The maximum absolute atomic E-state index is 11.6. The van der Waals surface area contributed by atoms with Crippen LogP contribution < -0.4 is 9.47 Å². The predicted molar refractivity (Wildman–Crippen MR) is 57.6 cm³/mol. The molecule has 0 aliphatic carbocycles. The number of carbonyl (C=O) groups excluding carboxylic acids is 1. The van der Waals surface area contributed by atoms with Crippen LogP contribution in [0.15, 0.2) is 24.3 Å². The number of carbonyl (C=O) groups is 1. The van der Waals surface area contributed by atoms with Gasteiger partial charge in [0.15, 0.2) is 11.5 Å². The molecule has 1 aromatic rings. The van der Waals surface area contributed by atoms with Gasteiger partial charge in [0.1, 0.15) is 6.61 Å². The van der Waals surface area contributed by atoms with E-state index in [1.165, 1.54) is 0 Å². The molecule has 1 unspecified atom stereocenters. The van der Waals surface area contributed by atoms with Gasteiger partial charge in [-0.15, -0.1) is 0 Å². The van der Waals surface area contributed by atoms with Crippen LogP contribution >= 0.6 is 0 Å². The molecule has 1 aromatic carbocycles. The summed E-state index contributed by atoms with van der Waals surface area (Å²) in [5, 5.41) is 0. The van der Waals surface area contributed by atoms with Crippen molar-refractivity contribution in [2.75, 3.05) is 6.61 Å². The molecule has 0 amide bonds. The second kappa shape index (κ2) is 4.43. The molecule has 1 aliphatic rings. The average Bonchev–Trinajstić information content (AvgIpc) is 2.27. The molecule has 0 bridgehead atoms. The van der Waals surface area contributed by atoms with Gasteiger partial charge in [-0.25, -0.2) is 4.79 Å². The van der Waals surface area contributed by atoms with E-state index in [0.717, 1.165) is 0 Å². The molecule has 0 fully saturated rings. The van der Waals surface area contributed by atoms with Gasteiger partial charge in [0, 0.05) is 0 Å². The quantitative estimate of drug-likeness (QED) is 0.715. The van der Waals surface area contributed by atoms with Crippen molar-refractivity contribution in [2.45, 2.75) is 26.1 Å². The number of hydrogen-bond donors (Lipinski definition) is 0. The van der Waals surface area contributed by atoms with Crippen molar-refractivity contribution in [3.05, 3.63) is 24.3 Å². The summed E-state index contributed by atoms with van der Waals surface area (Å²) in [6.07, 6.45) is -0.814. The van der Waals surface area contributed by atoms with Gasteiger partial charge < -0.3 is 14.2 Å². The lowest BCUT2D eigenvalue weighted by molar-refractivity contribution is -0.158. The molecule has 0 saturated carbocycles. The van der Waals surface area contributed by atoms with Crippen LogP contribution in [-0.2, 0) is 9.53 Å². The Hall–Kier alpha value is -1.71. The van der Waals surface area contributed by atoms with E-state index >= 15 is 0 Å². The zero-order valence-electron chi connectivity index (χ0n) is 9.30. The Morgan fingerprint density at radius 1 is 1.38 bits per heavy atom. The van der Waals surface area contributed by atoms with E-state index < -0.39 is 6.10 Å². The molecule has 0 N–H and O–H groups in total. The molecule has 1 aliphatic heterocycles. The van der Waals surface area contributed by atoms with Crippen molar-refractivity contribution in [3.63, 3.8) is 0 Å². The first-order valence-corrected chi connectivity index (χ1v) is 5.26. The fourth-order valence-corrected chi connectivity index (χ4v) is 1.44. The molecule has 0 saturated heterocycles. The summed E-state index contributed by atoms with van der Waals surface area (Å²) in [7, 11) is 0. The number of esters is 1. The largest absolute Gasteiger partial charge is 0.485 e. The van der Waals surface area contributed by atoms with Crippen LogP contribution in [0.3, 0.4) is 0 Å². The van der Waals surface area contributed by atoms with Crippen LogP contribution in [0.4, 0.5) is 0 Å². The van der Waals surface area contributed by atoms with Gasteiger partial charge in [-0.3, -0.25) is 0 Å². The van der Waals surface area contributed by atoms with Crippen LogP contribution in [0.25, 0.3) is 0 Å². The first-order chi connectivity index (χ1) is 7.66. The van der Waals surface area contributed by atoms with Gasteiger partial charge in [-0.2, -0.15) is 0 Å². The Morgan fingerprint density at radius 3 is 2.75 bits per heavy atom. The third kappa shape index (κ3) is 2.27. The lowest BCUT2D eigenvalue weighted by Gasteiger charge is -2.25. The maximum atomic E-state index is 11.6. The molecule has 86 valence electrons. The molecule has 1 atom stereocenters. The lowest BCUT2D eigenvalue weighted by atomic mass is 10.2. The molecule has 4 heteroatoms. The van der Waals surface area contributed by atoms with E-state index in [4.69, 9.17) is 14.2 Å². The van der Waals surface area contributed by atoms with E-state index in [1.807, 2.05) is 12.1 Å². The van der Waals surface area contributed by atoms with E-state index in [1.54, 1.807) is 26.0 Å². The summed E-state index contributed by atoms with van der Waals surface area (Å²) in [6.45, 7) is 3.80. The number of fused-ring (bicyclic) bond motifs is 1. The zero-order chi connectivity index (χ0) is 11.5. The van der Waals surface area contributed by atoms with Gasteiger partial charge in [0.25, 0.3) is 0 Å². The Kier molecular flexibility index (Phi) is 2.99. The monoisotopic (exact) mass is 222 g/mol. The van der Waals surface area contributed by atoms with E-state index in [9.17, 15) is 4.79 Å². The summed E-state index contributed by atoms with van der Waals surface area (Å²) in [6, 6.07) is 7.26. The van der Waals surface area contributed by atoms with Crippen molar-refractivity contribution in [1.82, 2.24) is 0 Å². The molecule has 1 heterocycles. The van der Waals surface area contributed by atoms with Gasteiger partial charge in [0.2, 0.25) is 6.10 Å². The van der Waals surface area contributed by atoms with Gasteiger partial charge in [0.05, 0.1) is 6.10 Å². The van der Waals surface area contributed by atoms with Crippen molar-refractivity contribution in [2.24, 2.45) is 0 Å². The fourth-order valence-electron chi connectivity index (χ4n) is 1.44. The van der Waals surface area contributed by atoms with Crippen molar-refractivity contribution in [3.8, 4) is 11.5 Å². The lowest BCUT2D eigenvalue weighted by Crippen LogP contribution is -2.38. The highest BCUT2D eigenvalue weighted by atomic mass is 16.6. The first kappa shape index (κ1) is 10.8. The molecule has 0 radical (unpaired) electrons. The standard InChI is InChI=1S/C12H14O4/c1-8(2)15-12(13)11-7-14-9-5-3-4-6-10(9)16-11/h3-6,8,11H,7H2,1-2H3. The third-order valence-electron chi connectivity index (χ3n) is 2.12. The molecular weight excluding hydrogens is 208 g/mol. The Balaban J connectivity index is 2.05. The number of hydrogen-bond acceptors (Lipinski definition) is 4. The fraction of sp³-hybridized carbons (Fsp3) is 0.417. The van der Waals surface area contributed by atoms with Crippen molar-refractivity contribution in [1.29, 1.82) is 0 Å². The van der Waals surface area contributed by atoms with Crippen LogP contribution in [0.2, 0.25) is 0 Å². The summed E-state index contributed by atoms with van der Waals surface area (Å²) >= 11 is 0. The smallest absolute Gasteiger partial charge is 0.351 e. The third-order valence-corrected chi connectivity index (χ3v) is 2.12. The van der Waals surface area contributed by atoms with E-state index in [0.29, 0.717) is 11.5 Å². The highest BCUT2D eigenvalue weighted by molar-refractivity contribution is 5.76. The van der Waals surface area contributed by atoms with Crippen LogP contribution in [0.5, 0.6) is 11.5 Å². The van der Waals surface area contributed by atoms with E-state index in [2.05, 4.69) is 0 Å². The molecule has 16 heavy (non-hydrogen) atoms. The average molecular weight is 222 g/mol. The Bertz CT molecular complexity index is 386. The summed E-state index contributed by atoms with van der Waals surface area (Å²) in [4.78, 5) is 11.6. The first-order valence-electron chi connectivity index (χ1n) is 5.26. The minimum Gasteiger partial charge on any atom is -0.485 e. The summed E-state index contributed by atoms with van der Waals surface area (Å²) < 4.78 is 16.0. The van der Waals surface area contributed by atoms with Gasteiger partial charge in [-0.05, 0) is 26.0 Å². The topological polar surface area (TPSA) is 44.8 Å².